The van der Waals surface area contributed by atoms with Crippen LogP contribution in [0.5, 0.6) is 0 Å². The van der Waals surface area contributed by atoms with Gasteiger partial charge in [-0.15, -0.1) is 0 Å². The van der Waals surface area contributed by atoms with Crippen molar-refractivity contribution in [2.24, 2.45) is 0 Å². The summed E-state index contributed by atoms with van der Waals surface area (Å²) >= 11 is 0. The van der Waals surface area contributed by atoms with Gasteiger partial charge in [-0.1, -0.05) is 0 Å². The first kappa shape index (κ1) is 9.93. The molecule has 0 saturated heterocycles. The number of furan rings is 1. The second-order valence-corrected chi connectivity index (χ2v) is 3.51. The van der Waals surface area contributed by atoms with Crippen LogP contribution in [0, 0.1) is 6.92 Å². The van der Waals surface area contributed by atoms with Crippen LogP contribution in [0.2, 0.25) is 0 Å². The average molecular weight is 203 g/mol. The summed E-state index contributed by atoms with van der Waals surface area (Å²) in [4.78, 5) is 3.93. The molecule has 1 unspecified atom stereocenters. The van der Waals surface area contributed by atoms with Crippen LogP contribution in [-0.4, -0.2) is 10.1 Å². The fraction of sp³-hybridized carbons (Fsp3) is 0.250. The second-order valence-electron chi connectivity index (χ2n) is 3.51. The largest absolute Gasteiger partial charge is 0.469 e. The lowest BCUT2D eigenvalue weighted by Gasteiger charge is -2.09. The van der Waals surface area contributed by atoms with Crippen molar-refractivity contribution in [3.05, 3.63) is 53.7 Å². The van der Waals surface area contributed by atoms with Gasteiger partial charge >= 0.3 is 0 Å². The molecule has 0 aromatic carbocycles. The predicted octanol–water partition coefficient (Wildman–Crippen LogP) is 2.26. The SMILES string of the molecule is Cc1occc1C(O)Cc1ccncc1. The minimum atomic E-state index is -0.508. The lowest BCUT2D eigenvalue weighted by molar-refractivity contribution is 0.176. The molecule has 0 aliphatic heterocycles. The lowest BCUT2D eigenvalue weighted by Crippen LogP contribution is -2.01. The van der Waals surface area contributed by atoms with Crippen LogP contribution >= 0.6 is 0 Å². The Morgan fingerprint density at radius 2 is 2.07 bits per heavy atom. The number of nitrogens with zero attached hydrogens (tertiary/aromatic N) is 1. The first-order valence-electron chi connectivity index (χ1n) is 4.88. The fourth-order valence-corrected chi connectivity index (χ4v) is 1.59. The molecule has 3 nitrogen and oxygen atoms in total. The first-order valence-corrected chi connectivity index (χ1v) is 4.88. The minimum absolute atomic E-state index is 0.508. The molecule has 78 valence electrons. The Kier molecular flexibility index (Phi) is 2.83. The molecule has 2 rings (SSSR count). The second kappa shape index (κ2) is 4.28. The summed E-state index contributed by atoms with van der Waals surface area (Å²) in [7, 11) is 0. The van der Waals surface area contributed by atoms with Crippen molar-refractivity contribution in [3.63, 3.8) is 0 Å². The Morgan fingerprint density at radius 1 is 1.33 bits per heavy atom. The van der Waals surface area contributed by atoms with Crippen LogP contribution in [0.4, 0.5) is 0 Å². The molecule has 0 aliphatic carbocycles. The van der Waals surface area contributed by atoms with Crippen LogP contribution in [0.1, 0.15) is 23.0 Å². The van der Waals surface area contributed by atoms with Gasteiger partial charge in [-0.05, 0) is 30.7 Å². The molecule has 2 heterocycles. The molecule has 1 atom stereocenters. The van der Waals surface area contributed by atoms with Crippen molar-refractivity contribution in [1.82, 2.24) is 4.98 Å². The molecule has 0 spiro atoms. The van der Waals surface area contributed by atoms with E-state index < -0.39 is 6.10 Å². The van der Waals surface area contributed by atoms with E-state index in [1.165, 1.54) is 0 Å². The van der Waals surface area contributed by atoms with E-state index >= 15 is 0 Å². The summed E-state index contributed by atoms with van der Waals surface area (Å²) in [5.41, 5.74) is 1.92. The number of aliphatic hydroxyl groups excluding tert-OH is 1. The summed E-state index contributed by atoms with van der Waals surface area (Å²) in [5.74, 6) is 0.775. The van der Waals surface area contributed by atoms with E-state index in [-0.39, 0.29) is 0 Å². The van der Waals surface area contributed by atoms with Crippen molar-refractivity contribution in [2.75, 3.05) is 0 Å². The quantitative estimate of drug-likeness (QED) is 0.832. The number of hydrogen-bond donors (Lipinski definition) is 1. The molecule has 0 bridgehead atoms. The van der Waals surface area contributed by atoms with E-state index in [1.807, 2.05) is 19.1 Å². The highest BCUT2D eigenvalue weighted by Crippen LogP contribution is 2.21. The first-order chi connectivity index (χ1) is 7.27. The number of rotatable bonds is 3. The highest BCUT2D eigenvalue weighted by molar-refractivity contribution is 5.22. The maximum Gasteiger partial charge on any atom is 0.106 e. The molecule has 1 N–H and O–H groups in total. The van der Waals surface area contributed by atoms with Crippen molar-refractivity contribution in [3.8, 4) is 0 Å². The number of pyridine rings is 1. The van der Waals surface area contributed by atoms with Gasteiger partial charge in [0.05, 0.1) is 12.4 Å². The zero-order valence-corrected chi connectivity index (χ0v) is 8.55. The van der Waals surface area contributed by atoms with Gasteiger partial charge in [0.25, 0.3) is 0 Å². The van der Waals surface area contributed by atoms with Crippen LogP contribution in [0.25, 0.3) is 0 Å². The molecule has 0 fully saturated rings. The van der Waals surface area contributed by atoms with Gasteiger partial charge in [-0.25, -0.2) is 0 Å². The predicted molar refractivity (Wildman–Crippen MR) is 56.3 cm³/mol. The average Bonchev–Trinajstić information content (AvgIpc) is 2.66. The molecule has 3 heteroatoms. The van der Waals surface area contributed by atoms with Crippen molar-refractivity contribution in [1.29, 1.82) is 0 Å². The lowest BCUT2D eigenvalue weighted by atomic mass is 10.0. The maximum atomic E-state index is 9.96. The Bertz CT molecular complexity index is 422. The Labute approximate surface area is 88.4 Å². The number of aromatic nitrogens is 1. The molecular weight excluding hydrogens is 190 g/mol. The van der Waals surface area contributed by atoms with Crippen LogP contribution < -0.4 is 0 Å². The van der Waals surface area contributed by atoms with Gasteiger partial charge in [0.15, 0.2) is 0 Å². The Hall–Kier alpha value is -1.61. The smallest absolute Gasteiger partial charge is 0.106 e. The minimum Gasteiger partial charge on any atom is -0.469 e. The molecule has 2 aromatic rings. The van der Waals surface area contributed by atoms with Crippen molar-refractivity contribution >= 4 is 0 Å². The molecule has 0 aliphatic rings. The molecule has 0 amide bonds. The van der Waals surface area contributed by atoms with Gasteiger partial charge < -0.3 is 9.52 Å². The third kappa shape index (κ3) is 2.25. The summed E-state index contributed by atoms with van der Waals surface area (Å²) in [5, 5.41) is 9.96. The third-order valence-corrected chi connectivity index (χ3v) is 2.44. The molecular formula is C12H13NO2. The number of hydrogen-bond acceptors (Lipinski definition) is 3. The van der Waals surface area contributed by atoms with Crippen LogP contribution in [0.3, 0.4) is 0 Å². The standard InChI is InChI=1S/C12H13NO2/c1-9-11(4-7-15-9)12(14)8-10-2-5-13-6-3-10/h2-7,12,14H,8H2,1H3. The normalized spacial score (nSPS) is 12.7. The van der Waals surface area contributed by atoms with Crippen molar-refractivity contribution < 1.29 is 9.52 Å². The van der Waals surface area contributed by atoms with Crippen molar-refractivity contribution in [2.45, 2.75) is 19.4 Å². The number of aliphatic hydroxyl groups is 1. The zero-order valence-electron chi connectivity index (χ0n) is 8.55. The molecule has 0 saturated carbocycles. The van der Waals surface area contributed by atoms with E-state index in [4.69, 9.17) is 4.42 Å². The Morgan fingerprint density at radius 3 is 2.67 bits per heavy atom. The highest BCUT2D eigenvalue weighted by Gasteiger charge is 2.12. The number of aryl methyl sites for hydroxylation is 1. The van der Waals surface area contributed by atoms with E-state index in [2.05, 4.69) is 4.98 Å². The van der Waals surface area contributed by atoms with E-state index in [1.54, 1.807) is 24.7 Å². The maximum absolute atomic E-state index is 9.96. The fourth-order valence-electron chi connectivity index (χ4n) is 1.59. The summed E-state index contributed by atoms with van der Waals surface area (Å²) < 4.78 is 5.15. The summed E-state index contributed by atoms with van der Waals surface area (Å²) in [6.45, 7) is 1.85. The zero-order chi connectivity index (χ0) is 10.7. The van der Waals surface area contributed by atoms with Gasteiger partial charge in [-0.2, -0.15) is 0 Å². The summed E-state index contributed by atoms with van der Waals surface area (Å²) in [6.07, 6.45) is 5.13. The van der Waals surface area contributed by atoms with E-state index in [0.29, 0.717) is 6.42 Å². The molecule has 2 aromatic heterocycles. The van der Waals surface area contributed by atoms with Gasteiger partial charge in [0.1, 0.15) is 5.76 Å². The monoisotopic (exact) mass is 203 g/mol. The topological polar surface area (TPSA) is 46.3 Å². The van der Waals surface area contributed by atoms with Gasteiger partial charge in [0, 0.05) is 24.4 Å². The van der Waals surface area contributed by atoms with Crippen LogP contribution in [0.15, 0.2) is 41.3 Å². The molecule has 15 heavy (non-hydrogen) atoms. The highest BCUT2D eigenvalue weighted by atomic mass is 16.3. The van der Waals surface area contributed by atoms with Gasteiger partial charge in [-0.3, -0.25) is 4.98 Å². The third-order valence-electron chi connectivity index (χ3n) is 2.44. The van der Waals surface area contributed by atoms with E-state index in [9.17, 15) is 5.11 Å². The molecule has 0 radical (unpaired) electrons. The van der Waals surface area contributed by atoms with Gasteiger partial charge in [0.2, 0.25) is 0 Å². The summed E-state index contributed by atoms with van der Waals surface area (Å²) in [6, 6.07) is 5.61. The Balaban J connectivity index is 2.11. The van der Waals surface area contributed by atoms with E-state index in [0.717, 1.165) is 16.9 Å². The van der Waals surface area contributed by atoms with Crippen LogP contribution in [-0.2, 0) is 6.42 Å².